The largest absolute Gasteiger partial charge is 0.352 e. The molecule has 1 amide bonds. The molecule has 0 aliphatic heterocycles. The summed E-state index contributed by atoms with van der Waals surface area (Å²) in [6, 6.07) is 9.91. The van der Waals surface area contributed by atoms with Crippen molar-refractivity contribution in [2.45, 2.75) is 26.8 Å². The molecule has 2 aromatic rings. The molecule has 19 heavy (non-hydrogen) atoms. The van der Waals surface area contributed by atoms with Crippen molar-refractivity contribution in [3.05, 3.63) is 48.3 Å². The van der Waals surface area contributed by atoms with Crippen LogP contribution in [0, 0.1) is 5.92 Å². The Morgan fingerprint density at radius 1 is 1.32 bits per heavy atom. The fourth-order valence-electron chi connectivity index (χ4n) is 1.82. The van der Waals surface area contributed by atoms with E-state index in [0.717, 1.165) is 11.3 Å². The number of rotatable bonds is 5. The van der Waals surface area contributed by atoms with Crippen LogP contribution in [0.4, 0.5) is 0 Å². The Hall–Kier alpha value is -2.10. The molecule has 0 spiro atoms. The standard InChI is InChI=1S/C15H19N3O/c1-12(2)8-15(19)16-9-13-10-17-18(11-13)14-6-4-3-5-7-14/h3-7,10-12H,8-9H2,1-2H3,(H,16,19). The summed E-state index contributed by atoms with van der Waals surface area (Å²) in [7, 11) is 0. The number of carbonyl (C=O) groups is 1. The van der Waals surface area contributed by atoms with Crippen LogP contribution in [0.25, 0.3) is 5.69 Å². The van der Waals surface area contributed by atoms with Gasteiger partial charge in [0.2, 0.25) is 5.91 Å². The molecule has 1 N–H and O–H groups in total. The van der Waals surface area contributed by atoms with Gasteiger partial charge in [0.15, 0.2) is 0 Å². The molecule has 4 nitrogen and oxygen atoms in total. The van der Waals surface area contributed by atoms with Crippen molar-refractivity contribution in [1.82, 2.24) is 15.1 Å². The molecule has 100 valence electrons. The Morgan fingerprint density at radius 3 is 2.74 bits per heavy atom. The highest BCUT2D eigenvalue weighted by atomic mass is 16.1. The molecule has 0 saturated carbocycles. The fraction of sp³-hybridized carbons (Fsp3) is 0.333. The SMILES string of the molecule is CC(C)CC(=O)NCc1cnn(-c2ccccc2)c1. The van der Waals surface area contributed by atoms with Gasteiger partial charge in [-0.2, -0.15) is 5.10 Å². The van der Waals surface area contributed by atoms with E-state index in [1.54, 1.807) is 6.20 Å². The monoisotopic (exact) mass is 257 g/mol. The van der Waals surface area contributed by atoms with Gasteiger partial charge in [-0.05, 0) is 18.1 Å². The lowest BCUT2D eigenvalue weighted by Gasteiger charge is -2.05. The molecular weight excluding hydrogens is 238 g/mol. The summed E-state index contributed by atoms with van der Waals surface area (Å²) in [6.45, 7) is 4.60. The number of amides is 1. The van der Waals surface area contributed by atoms with Crippen LogP contribution in [0.2, 0.25) is 0 Å². The van der Waals surface area contributed by atoms with Crippen molar-refractivity contribution in [3.8, 4) is 5.69 Å². The number of nitrogens with zero attached hydrogens (tertiary/aromatic N) is 2. The van der Waals surface area contributed by atoms with Crippen LogP contribution < -0.4 is 5.32 Å². The summed E-state index contributed by atoms with van der Waals surface area (Å²) in [5.41, 5.74) is 2.02. The molecule has 4 heteroatoms. The van der Waals surface area contributed by atoms with Gasteiger partial charge < -0.3 is 5.32 Å². The first kappa shape index (κ1) is 13.3. The Labute approximate surface area is 113 Å². The molecule has 0 aliphatic rings. The predicted octanol–water partition coefficient (Wildman–Crippen LogP) is 2.53. The van der Waals surface area contributed by atoms with Crippen LogP contribution in [0.15, 0.2) is 42.7 Å². The molecule has 0 bridgehead atoms. The molecule has 0 saturated heterocycles. The third-order valence-electron chi connectivity index (χ3n) is 2.74. The molecule has 1 aromatic carbocycles. The maximum atomic E-state index is 11.6. The van der Waals surface area contributed by atoms with Crippen molar-refractivity contribution >= 4 is 5.91 Å². The number of nitrogens with one attached hydrogen (secondary N) is 1. The van der Waals surface area contributed by atoms with Crippen LogP contribution in [-0.4, -0.2) is 15.7 Å². The van der Waals surface area contributed by atoms with Crippen LogP contribution in [0.5, 0.6) is 0 Å². The first-order chi connectivity index (χ1) is 9.15. The van der Waals surface area contributed by atoms with Crippen molar-refractivity contribution in [2.75, 3.05) is 0 Å². The zero-order valence-electron chi connectivity index (χ0n) is 11.3. The number of para-hydroxylation sites is 1. The Kier molecular flexibility index (Phi) is 4.34. The minimum atomic E-state index is 0.0856. The van der Waals surface area contributed by atoms with E-state index in [9.17, 15) is 4.79 Å². The third-order valence-corrected chi connectivity index (χ3v) is 2.74. The first-order valence-corrected chi connectivity index (χ1v) is 6.51. The first-order valence-electron chi connectivity index (χ1n) is 6.51. The number of aromatic nitrogens is 2. The van der Waals surface area contributed by atoms with Crippen LogP contribution in [-0.2, 0) is 11.3 Å². The molecule has 0 unspecified atom stereocenters. The molecule has 2 rings (SSSR count). The summed E-state index contributed by atoms with van der Waals surface area (Å²) >= 11 is 0. The van der Waals surface area contributed by atoms with E-state index < -0.39 is 0 Å². The summed E-state index contributed by atoms with van der Waals surface area (Å²) in [6.07, 6.45) is 4.28. The highest BCUT2D eigenvalue weighted by molar-refractivity contribution is 5.76. The van der Waals surface area contributed by atoms with Crippen molar-refractivity contribution < 1.29 is 4.79 Å². The van der Waals surface area contributed by atoms with E-state index in [2.05, 4.69) is 10.4 Å². The van der Waals surface area contributed by atoms with Gasteiger partial charge >= 0.3 is 0 Å². The molecule has 1 aromatic heterocycles. The zero-order valence-corrected chi connectivity index (χ0v) is 11.3. The van der Waals surface area contributed by atoms with Gasteiger partial charge in [-0.1, -0.05) is 32.0 Å². The molecule has 0 fully saturated rings. The van der Waals surface area contributed by atoms with Crippen molar-refractivity contribution in [3.63, 3.8) is 0 Å². The maximum absolute atomic E-state index is 11.6. The summed E-state index contributed by atoms with van der Waals surface area (Å²) < 4.78 is 1.81. The lowest BCUT2D eigenvalue weighted by atomic mass is 10.1. The minimum Gasteiger partial charge on any atom is -0.352 e. The van der Waals surface area contributed by atoms with E-state index in [0.29, 0.717) is 18.9 Å². The van der Waals surface area contributed by atoms with Gasteiger partial charge in [-0.25, -0.2) is 4.68 Å². The Bertz CT molecular complexity index is 531. The predicted molar refractivity (Wildman–Crippen MR) is 74.9 cm³/mol. The normalized spacial score (nSPS) is 10.7. The highest BCUT2D eigenvalue weighted by Gasteiger charge is 2.05. The smallest absolute Gasteiger partial charge is 0.220 e. The fourth-order valence-corrected chi connectivity index (χ4v) is 1.82. The van der Waals surface area contributed by atoms with E-state index in [4.69, 9.17) is 0 Å². The molecule has 1 heterocycles. The van der Waals surface area contributed by atoms with Crippen LogP contribution >= 0.6 is 0 Å². The van der Waals surface area contributed by atoms with Crippen LogP contribution in [0.3, 0.4) is 0 Å². The Morgan fingerprint density at radius 2 is 2.05 bits per heavy atom. The summed E-state index contributed by atoms with van der Waals surface area (Å²) in [5, 5.41) is 7.19. The second kappa shape index (κ2) is 6.18. The third kappa shape index (κ3) is 3.95. The Balaban J connectivity index is 1.93. The summed E-state index contributed by atoms with van der Waals surface area (Å²) in [5.74, 6) is 0.467. The van der Waals surface area contributed by atoms with Crippen molar-refractivity contribution in [1.29, 1.82) is 0 Å². The van der Waals surface area contributed by atoms with Gasteiger partial charge in [-0.3, -0.25) is 4.79 Å². The zero-order chi connectivity index (χ0) is 13.7. The average molecular weight is 257 g/mol. The number of hydrogen-bond acceptors (Lipinski definition) is 2. The minimum absolute atomic E-state index is 0.0856. The second-order valence-electron chi connectivity index (χ2n) is 5.00. The molecule has 0 aliphatic carbocycles. The molecule has 0 atom stereocenters. The summed E-state index contributed by atoms with van der Waals surface area (Å²) in [4.78, 5) is 11.6. The van der Waals surface area contributed by atoms with E-state index in [-0.39, 0.29) is 5.91 Å². The van der Waals surface area contributed by atoms with E-state index in [1.807, 2.05) is 55.1 Å². The van der Waals surface area contributed by atoms with Crippen LogP contribution in [0.1, 0.15) is 25.8 Å². The van der Waals surface area contributed by atoms with Gasteiger partial charge in [0.05, 0.1) is 11.9 Å². The molecular formula is C15H19N3O. The average Bonchev–Trinajstić information content (AvgIpc) is 2.85. The van der Waals surface area contributed by atoms with Gasteiger partial charge in [0, 0.05) is 24.7 Å². The lowest BCUT2D eigenvalue weighted by Crippen LogP contribution is -2.23. The van der Waals surface area contributed by atoms with E-state index in [1.165, 1.54) is 0 Å². The number of carbonyl (C=O) groups excluding carboxylic acids is 1. The van der Waals surface area contributed by atoms with Crippen molar-refractivity contribution in [2.24, 2.45) is 5.92 Å². The van der Waals surface area contributed by atoms with E-state index >= 15 is 0 Å². The molecule has 0 radical (unpaired) electrons. The quantitative estimate of drug-likeness (QED) is 0.894. The van der Waals surface area contributed by atoms with Gasteiger partial charge in [0.1, 0.15) is 0 Å². The maximum Gasteiger partial charge on any atom is 0.220 e. The highest BCUT2D eigenvalue weighted by Crippen LogP contribution is 2.07. The topological polar surface area (TPSA) is 46.9 Å². The lowest BCUT2D eigenvalue weighted by molar-refractivity contribution is -0.121. The number of hydrogen-bond donors (Lipinski definition) is 1. The number of benzene rings is 1. The van der Waals surface area contributed by atoms with Gasteiger partial charge in [0.25, 0.3) is 0 Å². The van der Waals surface area contributed by atoms with Gasteiger partial charge in [-0.15, -0.1) is 0 Å². The second-order valence-corrected chi connectivity index (χ2v) is 5.00.